The summed E-state index contributed by atoms with van der Waals surface area (Å²) in [4.78, 5) is 25.2. The highest BCUT2D eigenvalue weighted by atomic mass is 16.5. The van der Waals surface area contributed by atoms with Gasteiger partial charge in [-0.1, -0.05) is 5.16 Å². The van der Waals surface area contributed by atoms with Gasteiger partial charge in [0.2, 0.25) is 0 Å². The average molecular weight is 290 g/mol. The molecule has 2 saturated carbocycles. The number of carbonyl (C=O) groups is 2. The van der Waals surface area contributed by atoms with Crippen molar-refractivity contribution < 1.29 is 19.2 Å². The molecule has 6 nitrogen and oxygen atoms in total. The van der Waals surface area contributed by atoms with Gasteiger partial charge in [0.25, 0.3) is 5.91 Å². The van der Waals surface area contributed by atoms with Gasteiger partial charge in [0.15, 0.2) is 5.69 Å². The van der Waals surface area contributed by atoms with Crippen molar-refractivity contribution in [1.29, 1.82) is 0 Å². The van der Waals surface area contributed by atoms with E-state index in [0.29, 0.717) is 24.7 Å². The lowest BCUT2D eigenvalue weighted by molar-refractivity contribution is -0.139. The lowest BCUT2D eigenvalue weighted by Gasteiger charge is -2.32. The molecule has 1 amide bonds. The average Bonchev–Trinajstić information content (AvgIpc) is 3.39. The molecule has 1 spiro atoms. The summed E-state index contributed by atoms with van der Waals surface area (Å²) in [6.45, 7) is 1.24. The van der Waals surface area contributed by atoms with Gasteiger partial charge in [-0.15, -0.1) is 0 Å². The fraction of sp³-hybridized carbons (Fsp3) is 0.667. The summed E-state index contributed by atoms with van der Waals surface area (Å²) in [6.07, 6.45) is 4.56. The number of hydrogen-bond acceptors (Lipinski definition) is 4. The van der Waals surface area contributed by atoms with Crippen LogP contribution >= 0.6 is 0 Å². The highest BCUT2D eigenvalue weighted by Crippen LogP contribution is 2.59. The van der Waals surface area contributed by atoms with E-state index < -0.39 is 5.97 Å². The predicted molar refractivity (Wildman–Crippen MR) is 71.8 cm³/mol. The third-order valence-corrected chi connectivity index (χ3v) is 5.26. The molecule has 0 aromatic carbocycles. The summed E-state index contributed by atoms with van der Waals surface area (Å²) >= 11 is 0. The standard InChI is InChI=1S/C15H18N2O4/c18-13(11-7-12(21-16-11)9-1-2-9)17-5-3-15(4-6-17)8-10(15)14(19)20/h7,9-10H,1-6,8H2,(H,19,20). The van der Waals surface area contributed by atoms with Crippen LogP contribution in [0.4, 0.5) is 0 Å². The van der Waals surface area contributed by atoms with Crippen molar-refractivity contribution in [3.63, 3.8) is 0 Å². The van der Waals surface area contributed by atoms with Crippen LogP contribution in [-0.4, -0.2) is 40.1 Å². The molecule has 1 aromatic rings. The number of carbonyl (C=O) groups excluding carboxylic acids is 1. The van der Waals surface area contributed by atoms with Crippen LogP contribution in [0, 0.1) is 11.3 Å². The molecule has 4 rings (SSSR count). The Morgan fingerprint density at radius 1 is 1.33 bits per heavy atom. The number of rotatable bonds is 3. The fourth-order valence-corrected chi connectivity index (χ4v) is 3.52. The van der Waals surface area contributed by atoms with Crippen molar-refractivity contribution in [1.82, 2.24) is 10.1 Å². The lowest BCUT2D eigenvalue weighted by atomic mass is 9.90. The van der Waals surface area contributed by atoms with E-state index in [-0.39, 0.29) is 17.2 Å². The zero-order valence-electron chi connectivity index (χ0n) is 11.7. The Morgan fingerprint density at radius 3 is 2.62 bits per heavy atom. The number of nitrogens with zero attached hydrogens (tertiary/aromatic N) is 2. The van der Waals surface area contributed by atoms with E-state index >= 15 is 0 Å². The Kier molecular flexibility index (Phi) is 2.65. The van der Waals surface area contributed by atoms with E-state index in [0.717, 1.165) is 37.9 Å². The Bertz CT molecular complexity index is 597. The summed E-state index contributed by atoms with van der Waals surface area (Å²) in [5.74, 6) is 0.281. The molecule has 3 fully saturated rings. The molecule has 0 bridgehead atoms. The molecule has 1 unspecified atom stereocenters. The zero-order valence-corrected chi connectivity index (χ0v) is 11.7. The Hall–Kier alpha value is -1.85. The van der Waals surface area contributed by atoms with Crippen LogP contribution in [0.3, 0.4) is 0 Å². The number of piperidine rings is 1. The minimum Gasteiger partial charge on any atom is -0.481 e. The third kappa shape index (κ3) is 2.13. The molecule has 1 saturated heterocycles. The number of aliphatic carboxylic acids is 1. The molecule has 112 valence electrons. The van der Waals surface area contributed by atoms with E-state index in [1.54, 1.807) is 11.0 Å². The number of hydrogen-bond donors (Lipinski definition) is 1. The second kappa shape index (κ2) is 4.32. The van der Waals surface area contributed by atoms with E-state index in [1.807, 2.05) is 0 Å². The summed E-state index contributed by atoms with van der Waals surface area (Å²) in [5, 5.41) is 13.0. The highest BCUT2D eigenvalue weighted by molar-refractivity contribution is 5.92. The normalized spacial score (nSPS) is 26.9. The minimum absolute atomic E-state index is 0.0500. The van der Waals surface area contributed by atoms with Crippen molar-refractivity contribution in [2.75, 3.05) is 13.1 Å². The zero-order chi connectivity index (χ0) is 14.6. The smallest absolute Gasteiger partial charge is 0.307 e. The molecule has 2 aliphatic carbocycles. The molecule has 1 N–H and O–H groups in total. The van der Waals surface area contributed by atoms with Crippen molar-refractivity contribution in [2.24, 2.45) is 11.3 Å². The van der Waals surface area contributed by atoms with Crippen LogP contribution in [-0.2, 0) is 4.79 Å². The van der Waals surface area contributed by atoms with Gasteiger partial charge in [-0.05, 0) is 37.5 Å². The Labute approximate surface area is 122 Å². The lowest BCUT2D eigenvalue weighted by Crippen LogP contribution is -2.40. The Balaban J connectivity index is 1.39. The summed E-state index contributed by atoms with van der Waals surface area (Å²) in [6, 6.07) is 1.77. The van der Waals surface area contributed by atoms with Crippen LogP contribution in [0.25, 0.3) is 0 Å². The van der Waals surface area contributed by atoms with E-state index in [4.69, 9.17) is 9.63 Å². The first-order valence-electron chi connectivity index (χ1n) is 7.58. The molecule has 6 heteroatoms. The summed E-state index contributed by atoms with van der Waals surface area (Å²) in [7, 11) is 0. The first kappa shape index (κ1) is 12.9. The van der Waals surface area contributed by atoms with Crippen LogP contribution in [0.2, 0.25) is 0 Å². The van der Waals surface area contributed by atoms with Gasteiger partial charge in [0, 0.05) is 25.1 Å². The number of carboxylic acids is 1. The van der Waals surface area contributed by atoms with Crippen molar-refractivity contribution >= 4 is 11.9 Å². The number of amides is 1. The monoisotopic (exact) mass is 290 g/mol. The maximum atomic E-state index is 12.4. The second-order valence-electron chi connectivity index (χ2n) is 6.64. The van der Waals surface area contributed by atoms with Crippen LogP contribution < -0.4 is 0 Å². The first-order valence-corrected chi connectivity index (χ1v) is 7.58. The number of aromatic nitrogens is 1. The van der Waals surface area contributed by atoms with E-state index in [2.05, 4.69) is 5.16 Å². The molecule has 1 atom stereocenters. The molecule has 1 aliphatic heterocycles. The molecular weight excluding hydrogens is 272 g/mol. The quantitative estimate of drug-likeness (QED) is 0.918. The SMILES string of the molecule is O=C(O)C1CC12CCN(C(=O)c1cc(C3CC3)on1)CC2. The second-order valence-corrected chi connectivity index (χ2v) is 6.64. The summed E-state index contributed by atoms with van der Waals surface area (Å²) < 4.78 is 5.23. The van der Waals surface area contributed by atoms with Crippen molar-refractivity contribution in [2.45, 2.75) is 38.0 Å². The maximum absolute atomic E-state index is 12.4. The number of carboxylic acid groups (broad SMARTS) is 1. The molecule has 0 radical (unpaired) electrons. The van der Waals surface area contributed by atoms with Crippen LogP contribution in [0.5, 0.6) is 0 Å². The van der Waals surface area contributed by atoms with Gasteiger partial charge in [0.1, 0.15) is 5.76 Å². The Morgan fingerprint density at radius 2 is 2.05 bits per heavy atom. The van der Waals surface area contributed by atoms with Gasteiger partial charge in [-0.25, -0.2) is 0 Å². The minimum atomic E-state index is -0.694. The molecule has 3 aliphatic rings. The highest BCUT2D eigenvalue weighted by Gasteiger charge is 2.59. The third-order valence-electron chi connectivity index (χ3n) is 5.26. The van der Waals surface area contributed by atoms with Crippen molar-refractivity contribution in [3.8, 4) is 0 Å². The first-order chi connectivity index (χ1) is 10.1. The molecular formula is C15H18N2O4. The predicted octanol–water partition coefficient (Wildman–Crippen LogP) is 1.88. The van der Waals surface area contributed by atoms with E-state index in [9.17, 15) is 9.59 Å². The molecule has 2 heterocycles. The number of likely N-dealkylation sites (tertiary alicyclic amines) is 1. The van der Waals surface area contributed by atoms with Gasteiger partial charge in [-0.3, -0.25) is 9.59 Å². The van der Waals surface area contributed by atoms with Gasteiger partial charge < -0.3 is 14.5 Å². The van der Waals surface area contributed by atoms with E-state index in [1.165, 1.54) is 0 Å². The van der Waals surface area contributed by atoms with Gasteiger partial charge >= 0.3 is 5.97 Å². The maximum Gasteiger partial charge on any atom is 0.307 e. The van der Waals surface area contributed by atoms with Gasteiger partial charge in [0.05, 0.1) is 5.92 Å². The van der Waals surface area contributed by atoms with Crippen LogP contribution in [0.15, 0.2) is 10.6 Å². The topological polar surface area (TPSA) is 83.6 Å². The van der Waals surface area contributed by atoms with Gasteiger partial charge in [-0.2, -0.15) is 0 Å². The summed E-state index contributed by atoms with van der Waals surface area (Å²) in [5.41, 5.74) is 0.337. The van der Waals surface area contributed by atoms with Crippen molar-refractivity contribution in [3.05, 3.63) is 17.5 Å². The molecule has 1 aromatic heterocycles. The molecule has 21 heavy (non-hydrogen) atoms. The fourth-order valence-electron chi connectivity index (χ4n) is 3.52. The van der Waals surface area contributed by atoms with Crippen LogP contribution in [0.1, 0.15) is 54.3 Å². The largest absolute Gasteiger partial charge is 0.481 e.